The zero-order valence-electron chi connectivity index (χ0n) is 12.0. The van der Waals surface area contributed by atoms with Crippen LogP contribution in [0.2, 0.25) is 5.15 Å². The molecule has 3 nitrogen and oxygen atoms in total. The SMILES string of the molecule is CSc1nc(Cl)cc(Oc2cc(C(C)C)ccc2C)n1. The van der Waals surface area contributed by atoms with Crippen molar-refractivity contribution in [2.75, 3.05) is 6.26 Å². The van der Waals surface area contributed by atoms with Crippen LogP contribution in [-0.2, 0) is 0 Å². The van der Waals surface area contributed by atoms with Gasteiger partial charge in [-0.15, -0.1) is 0 Å². The number of hydrogen-bond donors (Lipinski definition) is 0. The van der Waals surface area contributed by atoms with E-state index in [1.54, 1.807) is 6.07 Å². The van der Waals surface area contributed by atoms with Crippen LogP contribution in [0.5, 0.6) is 11.6 Å². The van der Waals surface area contributed by atoms with Gasteiger partial charge in [0, 0.05) is 6.07 Å². The molecule has 0 saturated heterocycles. The van der Waals surface area contributed by atoms with Crippen LogP contribution in [0.4, 0.5) is 0 Å². The number of halogens is 1. The summed E-state index contributed by atoms with van der Waals surface area (Å²) >= 11 is 7.41. The van der Waals surface area contributed by atoms with Gasteiger partial charge in [-0.25, -0.2) is 4.98 Å². The average Bonchev–Trinajstić information content (AvgIpc) is 2.40. The molecule has 0 aliphatic heterocycles. The lowest BCUT2D eigenvalue weighted by atomic mass is 10.0. The summed E-state index contributed by atoms with van der Waals surface area (Å²) in [5, 5.41) is 0.988. The number of benzene rings is 1. The smallest absolute Gasteiger partial charge is 0.224 e. The zero-order chi connectivity index (χ0) is 14.7. The lowest BCUT2D eigenvalue weighted by molar-refractivity contribution is 0.451. The number of thioether (sulfide) groups is 1. The van der Waals surface area contributed by atoms with Gasteiger partial charge in [-0.2, -0.15) is 4.98 Å². The summed E-state index contributed by atoms with van der Waals surface area (Å²) in [5.41, 5.74) is 2.30. The molecule has 1 aromatic heterocycles. The largest absolute Gasteiger partial charge is 0.439 e. The maximum atomic E-state index is 5.97. The second-order valence-electron chi connectivity index (χ2n) is 4.80. The fraction of sp³-hybridized carbons (Fsp3) is 0.333. The first-order valence-electron chi connectivity index (χ1n) is 6.36. The minimum absolute atomic E-state index is 0.386. The Morgan fingerprint density at radius 2 is 1.95 bits per heavy atom. The van der Waals surface area contributed by atoms with E-state index in [2.05, 4.69) is 42.0 Å². The van der Waals surface area contributed by atoms with E-state index < -0.39 is 0 Å². The molecule has 106 valence electrons. The van der Waals surface area contributed by atoms with E-state index in [1.165, 1.54) is 17.3 Å². The van der Waals surface area contributed by atoms with Crippen LogP contribution in [0.3, 0.4) is 0 Å². The van der Waals surface area contributed by atoms with Gasteiger partial charge in [0.1, 0.15) is 10.9 Å². The van der Waals surface area contributed by atoms with Crippen molar-refractivity contribution in [3.8, 4) is 11.6 Å². The van der Waals surface area contributed by atoms with E-state index in [0.717, 1.165) is 11.3 Å². The molecular weight excluding hydrogens is 292 g/mol. The Morgan fingerprint density at radius 1 is 1.20 bits per heavy atom. The molecule has 0 amide bonds. The minimum Gasteiger partial charge on any atom is -0.439 e. The van der Waals surface area contributed by atoms with Gasteiger partial charge >= 0.3 is 0 Å². The summed E-state index contributed by atoms with van der Waals surface area (Å²) in [4.78, 5) is 8.41. The van der Waals surface area contributed by atoms with Crippen LogP contribution in [-0.4, -0.2) is 16.2 Å². The van der Waals surface area contributed by atoms with Crippen LogP contribution < -0.4 is 4.74 Å². The Hall–Kier alpha value is -1.26. The van der Waals surface area contributed by atoms with Crippen molar-refractivity contribution in [3.05, 3.63) is 40.5 Å². The standard InChI is InChI=1S/C15H17ClN2OS/c1-9(2)11-6-5-10(3)12(7-11)19-14-8-13(16)17-15(18-14)20-4/h5-9H,1-4H3. The van der Waals surface area contributed by atoms with Crippen molar-refractivity contribution in [2.24, 2.45) is 0 Å². The zero-order valence-corrected chi connectivity index (χ0v) is 13.5. The highest BCUT2D eigenvalue weighted by Crippen LogP contribution is 2.29. The van der Waals surface area contributed by atoms with Gasteiger partial charge in [0.15, 0.2) is 5.16 Å². The minimum atomic E-state index is 0.386. The molecule has 5 heteroatoms. The summed E-state index contributed by atoms with van der Waals surface area (Å²) in [7, 11) is 0. The second-order valence-corrected chi connectivity index (χ2v) is 5.96. The summed E-state index contributed by atoms with van der Waals surface area (Å²) in [6.45, 7) is 6.32. The van der Waals surface area contributed by atoms with Gasteiger partial charge < -0.3 is 4.74 Å². The Kier molecular flexibility index (Phi) is 4.89. The van der Waals surface area contributed by atoms with Crippen molar-refractivity contribution in [2.45, 2.75) is 31.8 Å². The second kappa shape index (κ2) is 6.46. The molecule has 0 spiro atoms. The quantitative estimate of drug-likeness (QED) is 0.448. The maximum absolute atomic E-state index is 5.97. The summed E-state index contributed by atoms with van der Waals surface area (Å²) in [6.07, 6.45) is 1.90. The number of rotatable bonds is 4. The summed E-state index contributed by atoms with van der Waals surface area (Å²) < 4.78 is 5.87. The third-order valence-electron chi connectivity index (χ3n) is 2.93. The van der Waals surface area contributed by atoms with E-state index in [1.807, 2.05) is 13.2 Å². The van der Waals surface area contributed by atoms with E-state index in [4.69, 9.17) is 16.3 Å². The first kappa shape index (κ1) is 15.1. The number of hydrogen-bond acceptors (Lipinski definition) is 4. The van der Waals surface area contributed by atoms with E-state index in [-0.39, 0.29) is 0 Å². The Morgan fingerprint density at radius 3 is 2.60 bits per heavy atom. The number of aryl methyl sites for hydroxylation is 1. The molecule has 0 aliphatic rings. The van der Waals surface area contributed by atoms with Gasteiger partial charge in [-0.05, 0) is 36.3 Å². The predicted octanol–water partition coefficient (Wildman–Crippen LogP) is 5.08. The highest BCUT2D eigenvalue weighted by Gasteiger charge is 2.09. The number of aromatic nitrogens is 2. The van der Waals surface area contributed by atoms with Crippen LogP contribution in [0.1, 0.15) is 30.9 Å². The Labute approximate surface area is 128 Å². The number of nitrogens with zero attached hydrogens (tertiary/aromatic N) is 2. The van der Waals surface area contributed by atoms with Crippen molar-refractivity contribution in [3.63, 3.8) is 0 Å². The normalized spacial score (nSPS) is 10.9. The Balaban J connectivity index is 2.34. The van der Waals surface area contributed by atoms with Gasteiger partial charge in [0.2, 0.25) is 5.88 Å². The molecule has 2 rings (SSSR count). The number of ether oxygens (including phenoxy) is 1. The Bertz CT molecular complexity index is 617. The highest BCUT2D eigenvalue weighted by molar-refractivity contribution is 7.98. The topological polar surface area (TPSA) is 35.0 Å². The van der Waals surface area contributed by atoms with E-state index in [9.17, 15) is 0 Å². The van der Waals surface area contributed by atoms with Crippen molar-refractivity contribution >= 4 is 23.4 Å². The fourth-order valence-corrected chi connectivity index (χ4v) is 2.31. The van der Waals surface area contributed by atoms with E-state index in [0.29, 0.717) is 22.1 Å². The third kappa shape index (κ3) is 3.64. The molecule has 1 heterocycles. The van der Waals surface area contributed by atoms with Crippen molar-refractivity contribution in [1.82, 2.24) is 9.97 Å². The molecule has 1 aromatic carbocycles. The van der Waals surface area contributed by atoms with Crippen LogP contribution in [0, 0.1) is 6.92 Å². The average molecular weight is 309 g/mol. The molecule has 0 N–H and O–H groups in total. The summed E-state index contributed by atoms with van der Waals surface area (Å²) in [5.74, 6) is 1.73. The predicted molar refractivity (Wildman–Crippen MR) is 84.2 cm³/mol. The summed E-state index contributed by atoms with van der Waals surface area (Å²) in [6, 6.07) is 7.85. The molecule has 0 fully saturated rings. The maximum Gasteiger partial charge on any atom is 0.224 e. The van der Waals surface area contributed by atoms with Crippen molar-refractivity contribution < 1.29 is 4.74 Å². The lowest BCUT2D eigenvalue weighted by Crippen LogP contribution is -1.96. The van der Waals surface area contributed by atoms with Gasteiger partial charge in [-0.3, -0.25) is 0 Å². The fourth-order valence-electron chi connectivity index (χ4n) is 1.72. The van der Waals surface area contributed by atoms with Gasteiger partial charge in [-0.1, -0.05) is 49.3 Å². The first-order chi connectivity index (χ1) is 9.49. The monoisotopic (exact) mass is 308 g/mol. The van der Waals surface area contributed by atoms with Crippen LogP contribution in [0.25, 0.3) is 0 Å². The highest BCUT2D eigenvalue weighted by atomic mass is 35.5. The molecule has 0 radical (unpaired) electrons. The van der Waals surface area contributed by atoms with Gasteiger partial charge in [0.25, 0.3) is 0 Å². The molecule has 20 heavy (non-hydrogen) atoms. The first-order valence-corrected chi connectivity index (χ1v) is 7.97. The molecule has 2 aromatic rings. The van der Waals surface area contributed by atoms with Crippen LogP contribution in [0.15, 0.2) is 29.4 Å². The van der Waals surface area contributed by atoms with E-state index >= 15 is 0 Å². The lowest BCUT2D eigenvalue weighted by Gasteiger charge is -2.12. The van der Waals surface area contributed by atoms with Crippen molar-refractivity contribution in [1.29, 1.82) is 0 Å². The molecule has 0 aliphatic carbocycles. The molecule has 0 bridgehead atoms. The van der Waals surface area contributed by atoms with Gasteiger partial charge in [0.05, 0.1) is 0 Å². The molecule has 0 saturated carbocycles. The third-order valence-corrected chi connectivity index (χ3v) is 3.67. The molecule has 0 atom stereocenters. The molecule has 0 unspecified atom stereocenters. The van der Waals surface area contributed by atoms with Crippen LogP contribution >= 0.6 is 23.4 Å². The molecular formula is C15H17ClN2OS.